The number of hydrogen-bond acceptors (Lipinski definition) is 2. The lowest BCUT2D eigenvalue weighted by Crippen LogP contribution is -2.47. The van der Waals surface area contributed by atoms with Crippen molar-refractivity contribution in [2.45, 2.75) is 51.8 Å². The molecular weight excluding hydrogens is 349 g/mol. The molecule has 21 heavy (non-hydrogen) atoms. The molecule has 1 aromatic rings. The average molecular weight is 366 g/mol. The summed E-state index contributed by atoms with van der Waals surface area (Å²) >= 11 is 12.8. The monoisotopic (exact) mass is 365 g/mol. The van der Waals surface area contributed by atoms with Crippen LogP contribution in [0.2, 0.25) is 0 Å². The number of hydrogen-bond donors (Lipinski definition) is 0. The van der Waals surface area contributed by atoms with Crippen molar-refractivity contribution in [3.63, 3.8) is 0 Å². The van der Waals surface area contributed by atoms with Crippen molar-refractivity contribution in [1.82, 2.24) is 0 Å². The second kappa shape index (κ2) is 6.19. The van der Waals surface area contributed by atoms with Gasteiger partial charge >= 0.3 is 0 Å². The lowest BCUT2D eigenvalue weighted by molar-refractivity contribution is 0.495. The number of fused-ring (bicyclic) bond motifs is 2. The van der Waals surface area contributed by atoms with Crippen molar-refractivity contribution in [1.29, 1.82) is 0 Å². The third-order valence-electron chi connectivity index (χ3n) is 4.11. The Balaban J connectivity index is 2.01. The van der Waals surface area contributed by atoms with Gasteiger partial charge in [-0.3, -0.25) is 0 Å². The molecule has 7 heteroatoms. The maximum atomic E-state index is 12.5. The first-order valence-corrected chi connectivity index (χ1v) is 10.6. The fraction of sp³-hybridized carbons (Fsp3) is 0.571. The lowest BCUT2D eigenvalue weighted by atomic mass is 9.98. The molecule has 0 N–H and O–H groups in total. The molecule has 3 rings (SSSR count). The Morgan fingerprint density at radius 2 is 1.48 bits per heavy atom. The smallest absolute Gasteiger partial charge is 0.199 e. The van der Waals surface area contributed by atoms with E-state index in [1.54, 1.807) is 30.3 Å². The Labute approximate surface area is 138 Å². The van der Waals surface area contributed by atoms with Crippen molar-refractivity contribution in [2.24, 2.45) is 3.77 Å². The van der Waals surface area contributed by atoms with Crippen molar-refractivity contribution < 1.29 is 8.42 Å². The van der Waals surface area contributed by atoms with Gasteiger partial charge in [0.15, 0.2) is 0 Å². The van der Waals surface area contributed by atoms with Gasteiger partial charge in [0, 0.05) is 21.3 Å². The van der Waals surface area contributed by atoms with Gasteiger partial charge in [0.05, 0.1) is 4.90 Å². The number of sulfonamides is 1. The summed E-state index contributed by atoms with van der Waals surface area (Å²) in [6.45, 7) is 0. The van der Waals surface area contributed by atoms with Gasteiger partial charge in [0.1, 0.15) is 0 Å². The van der Waals surface area contributed by atoms with Crippen LogP contribution in [0.15, 0.2) is 39.0 Å². The summed E-state index contributed by atoms with van der Waals surface area (Å²) in [7, 11) is -4.23. The highest BCUT2D eigenvalue weighted by molar-refractivity contribution is 8.00. The minimum atomic E-state index is -3.63. The van der Waals surface area contributed by atoms with Gasteiger partial charge in [-0.25, -0.2) is 0 Å². The Bertz CT molecular complexity index is 628. The summed E-state index contributed by atoms with van der Waals surface area (Å²) in [6, 6.07) is 8.38. The minimum absolute atomic E-state index is 0.0171. The highest BCUT2D eigenvalue weighted by Gasteiger charge is 2.42. The van der Waals surface area contributed by atoms with Crippen molar-refractivity contribution >= 4 is 43.9 Å². The summed E-state index contributed by atoms with van der Waals surface area (Å²) in [4.78, 5) is 0.249. The van der Waals surface area contributed by atoms with Gasteiger partial charge in [0.2, 0.25) is 0 Å². The third kappa shape index (κ3) is 3.16. The molecule has 0 spiro atoms. The highest BCUT2D eigenvalue weighted by atomic mass is 35.5. The number of benzene rings is 1. The van der Waals surface area contributed by atoms with E-state index in [0.717, 1.165) is 25.7 Å². The Morgan fingerprint density at radius 3 is 2.00 bits per heavy atom. The molecule has 2 aliphatic heterocycles. The topological polar surface area (TPSA) is 46.5 Å². The fourth-order valence-electron chi connectivity index (χ4n) is 3.01. The number of nitrogens with zero attached hydrogens (tertiary/aromatic N) is 1. The van der Waals surface area contributed by atoms with E-state index < -0.39 is 20.7 Å². The first-order valence-electron chi connectivity index (χ1n) is 7.02. The molecule has 0 aliphatic carbocycles. The molecular formula is C14H17Cl2NO2S2. The van der Waals surface area contributed by atoms with Gasteiger partial charge < -0.3 is 0 Å². The van der Waals surface area contributed by atoms with Crippen LogP contribution < -0.4 is 0 Å². The predicted octanol–water partition coefficient (Wildman–Crippen LogP) is 3.72. The van der Waals surface area contributed by atoms with Crippen LogP contribution in [-0.2, 0) is 20.7 Å². The molecule has 2 fully saturated rings. The maximum Gasteiger partial charge on any atom is 0.287 e. The van der Waals surface area contributed by atoms with Crippen LogP contribution >= 0.6 is 23.2 Å². The number of rotatable bonds is 2. The van der Waals surface area contributed by atoms with Crippen LogP contribution in [0, 0.1) is 0 Å². The second-order valence-corrected chi connectivity index (χ2v) is 10.5. The number of halogens is 2. The Hall–Kier alpha value is -0.100. The third-order valence-corrected chi connectivity index (χ3v) is 10.2. The van der Waals surface area contributed by atoms with Gasteiger partial charge in [0.25, 0.3) is 10.0 Å². The van der Waals surface area contributed by atoms with E-state index in [2.05, 4.69) is 3.77 Å². The van der Waals surface area contributed by atoms with Crippen LogP contribution in [0.25, 0.3) is 0 Å². The molecule has 3 nitrogen and oxygen atoms in total. The van der Waals surface area contributed by atoms with Gasteiger partial charge in [-0.15, -0.1) is 27.0 Å². The molecule has 0 aromatic heterocycles. The van der Waals surface area contributed by atoms with Crippen LogP contribution in [0.4, 0.5) is 0 Å². The largest absolute Gasteiger partial charge is 0.287 e. The zero-order valence-electron chi connectivity index (χ0n) is 11.4. The van der Waals surface area contributed by atoms with Gasteiger partial charge in [-0.1, -0.05) is 28.9 Å². The highest BCUT2D eigenvalue weighted by Crippen LogP contribution is 2.40. The van der Waals surface area contributed by atoms with E-state index in [0.29, 0.717) is 0 Å². The molecule has 2 bridgehead atoms. The van der Waals surface area contributed by atoms with E-state index >= 15 is 0 Å². The molecule has 0 unspecified atom stereocenters. The van der Waals surface area contributed by atoms with Crippen molar-refractivity contribution in [3.8, 4) is 0 Å². The molecule has 1 aromatic carbocycles. The second-order valence-electron chi connectivity index (χ2n) is 5.47. The average Bonchev–Trinajstić information content (AvgIpc) is 2.46. The molecule has 2 heterocycles. The maximum absolute atomic E-state index is 12.5. The van der Waals surface area contributed by atoms with Gasteiger partial charge in [-0.05, 0) is 37.8 Å². The first kappa shape index (κ1) is 15.8. The summed E-state index contributed by atoms with van der Waals surface area (Å²) in [5, 5.41) is 0.338. The molecule has 116 valence electrons. The molecule has 2 aliphatic rings. The molecule has 4 atom stereocenters. The normalized spacial score (nSPS) is 36.2. The zero-order chi connectivity index (χ0) is 15.0. The quantitative estimate of drug-likeness (QED) is 0.749. The lowest BCUT2D eigenvalue weighted by Gasteiger charge is -2.42. The number of alkyl halides is 2. The van der Waals surface area contributed by atoms with Crippen molar-refractivity contribution in [3.05, 3.63) is 30.3 Å². The van der Waals surface area contributed by atoms with Crippen LogP contribution in [-0.4, -0.2) is 29.7 Å². The molecule has 0 saturated carbocycles. The zero-order valence-corrected chi connectivity index (χ0v) is 14.5. The summed E-state index contributed by atoms with van der Waals surface area (Å²) < 4.78 is 29.3. The minimum Gasteiger partial charge on any atom is -0.199 e. The molecule has 0 radical (unpaired) electrons. The van der Waals surface area contributed by atoms with Crippen molar-refractivity contribution in [2.75, 3.05) is 0 Å². The van der Waals surface area contributed by atoms with E-state index in [-0.39, 0.29) is 26.1 Å². The van der Waals surface area contributed by atoms with E-state index in [4.69, 9.17) is 23.2 Å². The van der Waals surface area contributed by atoms with Crippen LogP contribution in [0.1, 0.15) is 25.7 Å². The standard InChI is InChI=1S/C14H17Cl2NO2S2/c15-11-6-8-13-12(16)7-9-14(11)20(13)17-21(18,19)10-4-2-1-3-5-10/h1-5,11-14H,6-9H2/t11-,12-,13-,14-/m1/s1. The summed E-state index contributed by atoms with van der Waals surface area (Å²) in [5.41, 5.74) is 0. The van der Waals surface area contributed by atoms with E-state index in [9.17, 15) is 8.42 Å². The fourth-order valence-corrected chi connectivity index (χ4v) is 8.86. The van der Waals surface area contributed by atoms with E-state index in [1.807, 2.05) is 0 Å². The first-order chi connectivity index (χ1) is 9.99. The van der Waals surface area contributed by atoms with Gasteiger partial charge in [-0.2, -0.15) is 8.42 Å². The summed E-state index contributed by atoms with van der Waals surface area (Å²) in [5.74, 6) is 0. The Morgan fingerprint density at radius 1 is 0.952 bits per heavy atom. The van der Waals surface area contributed by atoms with Crippen LogP contribution in [0.5, 0.6) is 0 Å². The van der Waals surface area contributed by atoms with E-state index in [1.165, 1.54) is 0 Å². The molecule has 2 saturated heterocycles. The predicted molar refractivity (Wildman–Crippen MR) is 88.7 cm³/mol. The summed E-state index contributed by atoms with van der Waals surface area (Å²) in [6.07, 6.45) is 3.56. The van der Waals surface area contributed by atoms with Crippen LogP contribution in [0.3, 0.4) is 0 Å². The molecule has 0 amide bonds. The Kier molecular flexibility index (Phi) is 4.65. The SMILES string of the molecule is O=S(=O)(N=S1[C@@H]2CC[C@@H](Cl)[C@H]1CC[C@H]2Cl)c1ccccc1.